The quantitative estimate of drug-likeness (QED) is 0.134. The Labute approximate surface area is 267 Å². The van der Waals surface area contributed by atoms with Gasteiger partial charge in [-0.2, -0.15) is 0 Å². The number of esters is 1. The van der Waals surface area contributed by atoms with Crippen molar-refractivity contribution in [3.05, 3.63) is 11.6 Å². The van der Waals surface area contributed by atoms with E-state index in [4.69, 9.17) is 4.74 Å². The van der Waals surface area contributed by atoms with Crippen molar-refractivity contribution in [1.82, 2.24) is 9.80 Å². The van der Waals surface area contributed by atoms with Gasteiger partial charge >= 0.3 is 12.1 Å². The van der Waals surface area contributed by atoms with Gasteiger partial charge in [-0.3, -0.25) is 9.59 Å². The molecule has 3 saturated carbocycles. The lowest BCUT2D eigenvalue weighted by Gasteiger charge is -2.63. The van der Waals surface area contributed by atoms with Gasteiger partial charge in [0.15, 0.2) is 0 Å². The van der Waals surface area contributed by atoms with E-state index in [1.807, 2.05) is 0 Å². The van der Waals surface area contributed by atoms with Gasteiger partial charge in [0.05, 0.1) is 7.11 Å². The van der Waals surface area contributed by atoms with Crippen LogP contribution in [0.5, 0.6) is 0 Å². The Morgan fingerprint density at radius 1 is 0.909 bits per heavy atom. The van der Waals surface area contributed by atoms with Crippen LogP contribution in [0.1, 0.15) is 119 Å². The van der Waals surface area contributed by atoms with E-state index in [9.17, 15) is 14.4 Å². The molecule has 4 aliphatic carbocycles. The van der Waals surface area contributed by atoms with Gasteiger partial charge in [-0.05, 0) is 90.8 Å². The first-order chi connectivity index (χ1) is 20.7. The maximum atomic E-state index is 13.0. The number of carbonyl (C=O) groups is 3. The highest BCUT2D eigenvalue weighted by molar-refractivity contribution is 5.94. The van der Waals surface area contributed by atoms with Gasteiger partial charge in [0.1, 0.15) is 12.5 Å². The molecule has 3 fully saturated rings. The van der Waals surface area contributed by atoms with Crippen molar-refractivity contribution in [1.29, 1.82) is 0 Å². The van der Waals surface area contributed by atoms with Gasteiger partial charge in [0, 0.05) is 33.6 Å². The number of allylic oxidation sites excluding steroid dienone is 1. The molecular formula is C37H62N2O5. The lowest BCUT2D eigenvalue weighted by molar-refractivity contribution is -0.146. The van der Waals surface area contributed by atoms with E-state index >= 15 is 0 Å². The molecule has 0 radical (unpaired) electrons. The van der Waals surface area contributed by atoms with E-state index in [0.717, 1.165) is 49.4 Å². The number of carbonyl (C=O) groups excluding carboxylic acids is 3. The van der Waals surface area contributed by atoms with E-state index < -0.39 is 5.97 Å². The molecule has 0 bridgehead atoms. The van der Waals surface area contributed by atoms with E-state index in [-0.39, 0.29) is 29.9 Å². The largest absolute Gasteiger partial charge is 0.469 e. The second kappa shape index (κ2) is 13.7. The molecule has 0 spiro atoms. The van der Waals surface area contributed by atoms with Crippen molar-refractivity contribution >= 4 is 18.0 Å². The Morgan fingerprint density at radius 2 is 1.61 bits per heavy atom. The first-order valence-corrected chi connectivity index (χ1v) is 17.6. The molecule has 7 nitrogen and oxygen atoms in total. The SMILES string of the molecule is COC(=O)CC(=O)N(C)CCN(C)C(=O)O[C@H]1CC[C@@]2(C)C(=CC[C@@]3(C)[C@@H]4CC[C@H]([C@H](C)CCCC(C)C)[C@@]4(C)CC[C@@H]32)C1. The summed E-state index contributed by atoms with van der Waals surface area (Å²) in [5, 5.41) is 0. The second-order valence-corrected chi connectivity index (χ2v) is 16.2. The van der Waals surface area contributed by atoms with Crippen molar-refractivity contribution in [2.75, 3.05) is 34.3 Å². The Bertz CT molecular complexity index is 1090. The average molecular weight is 615 g/mol. The van der Waals surface area contributed by atoms with Gasteiger partial charge in [-0.15, -0.1) is 0 Å². The number of fused-ring (bicyclic) bond motifs is 5. The standard InChI is InChI=1S/C37H62N2O5/c1-25(2)11-10-12-26(3)29-13-14-30-36(29,5)20-17-31-35(4)19-16-28(23-27(35)15-18-37(30,31)6)44-34(42)39(8)22-21-38(7)32(40)24-33(41)43-9/h15,25-26,28-31H,10-14,16-24H2,1-9H3/t26-,28+,29-,30-,31-,35+,36-,37+/m1/s1. The average Bonchev–Trinajstić information content (AvgIpc) is 3.33. The van der Waals surface area contributed by atoms with E-state index in [0.29, 0.717) is 29.8 Å². The van der Waals surface area contributed by atoms with Gasteiger partial charge in [0.2, 0.25) is 5.91 Å². The van der Waals surface area contributed by atoms with E-state index in [2.05, 4.69) is 52.4 Å². The smallest absolute Gasteiger partial charge is 0.409 e. The van der Waals surface area contributed by atoms with Crippen LogP contribution in [-0.4, -0.2) is 68.2 Å². The van der Waals surface area contributed by atoms with Gasteiger partial charge in [-0.1, -0.05) is 72.5 Å². The fourth-order valence-electron chi connectivity index (χ4n) is 10.5. The minimum Gasteiger partial charge on any atom is -0.469 e. The molecule has 0 aromatic heterocycles. The maximum Gasteiger partial charge on any atom is 0.409 e. The molecule has 44 heavy (non-hydrogen) atoms. The molecule has 4 rings (SSSR count). The molecule has 0 aromatic rings. The van der Waals surface area contributed by atoms with Crippen molar-refractivity contribution in [3.8, 4) is 0 Å². The molecule has 4 aliphatic rings. The minimum absolute atomic E-state index is 0.108. The molecule has 0 heterocycles. The first kappa shape index (κ1) is 34.8. The van der Waals surface area contributed by atoms with Crippen molar-refractivity contribution in [3.63, 3.8) is 0 Å². The summed E-state index contributed by atoms with van der Waals surface area (Å²) < 4.78 is 10.6. The Kier molecular flexibility index (Phi) is 10.9. The highest BCUT2D eigenvalue weighted by atomic mass is 16.6. The number of nitrogens with zero attached hydrogens (tertiary/aromatic N) is 2. The lowest BCUT2D eigenvalue weighted by Crippen LogP contribution is -2.56. The van der Waals surface area contributed by atoms with Crippen LogP contribution in [0.4, 0.5) is 4.79 Å². The summed E-state index contributed by atoms with van der Waals surface area (Å²) in [7, 11) is 4.60. The Balaban J connectivity index is 1.35. The predicted octanol–water partition coefficient (Wildman–Crippen LogP) is 7.88. The van der Waals surface area contributed by atoms with Crippen LogP contribution in [-0.2, 0) is 19.1 Å². The Hall–Kier alpha value is -2.05. The Morgan fingerprint density at radius 3 is 2.30 bits per heavy atom. The molecule has 8 atom stereocenters. The second-order valence-electron chi connectivity index (χ2n) is 16.2. The molecule has 0 N–H and O–H groups in total. The number of hydrogen-bond donors (Lipinski definition) is 0. The fraction of sp³-hybridized carbons (Fsp3) is 0.865. The van der Waals surface area contributed by atoms with Crippen LogP contribution in [0.3, 0.4) is 0 Å². The van der Waals surface area contributed by atoms with Crippen molar-refractivity contribution < 1.29 is 23.9 Å². The molecule has 250 valence electrons. The van der Waals surface area contributed by atoms with E-state index in [1.165, 1.54) is 67.4 Å². The van der Waals surface area contributed by atoms with Crippen LogP contribution >= 0.6 is 0 Å². The summed E-state index contributed by atoms with van der Waals surface area (Å²) in [5.41, 5.74) is 2.51. The number of likely N-dealkylation sites (N-methyl/N-ethyl adjacent to an activating group) is 2. The minimum atomic E-state index is -0.562. The monoisotopic (exact) mass is 614 g/mol. The molecule has 7 heteroatoms. The van der Waals surface area contributed by atoms with Crippen LogP contribution < -0.4 is 0 Å². The summed E-state index contributed by atoms with van der Waals surface area (Å²) in [5.74, 6) is 3.08. The highest BCUT2D eigenvalue weighted by Gasteiger charge is 2.64. The van der Waals surface area contributed by atoms with Crippen LogP contribution in [0, 0.1) is 45.8 Å². The normalized spacial score (nSPS) is 35.1. The molecule has 0 saturated heterocycles. The topological polar surface area (TPSA) is 76.2 Å². The zero-order valence-corrected chi connectivity index (χ0v) is 29.4. The predicted molar refractivity (Wildman–Crippen MR) is 175 cm³/mol. The van der Waals surface area contributed by atoms with Gasteiger partial charge < -0.3 is 19.3 Å². The summed E-state index contributed by atoms with van der Waals surface area (Å²) in [4.78, 5) is 39.5. The van der Waals surface area contributed by atoms with Gasteiger partial charge in [0.25, 0.3) is 0 Å². The third-order valence-corrected chi connectivity index (χ3v) is 13.1. The summed E-state index contributed by atoms with van der Waals surface area (Å²) in [6.07, 6.45) is 15.3. The zero-order chi connectivity index (χ0) is 32.4. The van der Waals surface area contributed by atoms with Crippen molar-refractivity contribution in [2.24, 2.45) is 45.8 Å². The summed E-state index contributed by atoms with van der Waals surface area (Å²) in [6.45, 7) is 15.7. The van der Waals surface area contributed by atoms with Crippen LogP contribution in [0.15, 0.2) is 11.6 Å². The summed E-state index contributed by atoms with van der Waals surface area (Å²) >= 11 is 0. The first-order valence-electron chi connectivity index (χ1n) is 17.6. The summed E-state index contributed by atoms with van der Waals surface area (Å²) in [6, 6.07) is 0. The number of rotatable bonds is 11. The number of methoxy groups -OCH3 is 1. The fourth-order valence-corrected chi connectivity index (χ4v) is 10.5. The van der Waals surface area contributed by atoms with Crippen molar-refractivity contribution in [2.45, 2.75) is 125 Å². The zero-order valence-electron chi connectivity index (χ0n) is 29.4. The number of hydrogen-bond acceptors (Lipinski definition) is 5. The number of ether oxygens (including phenoxy) is 2. The van der Waals surface area contributed by atoms with Crippen LogP contribution in [0.25, 0.3) is 0 Å². The van der Waals surface area contributed by atoms with Gasteiger partial charge in [-0.25, -0.2) is 4.79 Å². The maximum absolute atomic E-state index is 13.0. The van der Waals surface area contributed by atoms with Crippen LogP contribution in [0.2, 0.25) is 0 Å². The third-order valence-electron chi connectivity index (χ3n) is 13.1. The number of amides is 2. The molecular weight excluding hydrogens is 552 g/mol. The molecule has 0 aliphatic heterocycles. The highest BCUT2D eigenvalue weighted by Crippen LogP contribution is 2.72. The van der Waals surface area contributed by atoms with E-state index in [1.54, 1.807) is 14.1 Å². The molecule has 0 aromatic carbocycles. The molecule has 0 unspecified atom stereocenters. The molecule has 2 amide bonds. The third kappa shape index (κ3) is 6.87. The lowest BCUT2D eigenvalue weighted by atomic mass is 9.41.